The number of carboxylic acid groups (broad SMARTS) is 1. The van der Waals surface area contributed by atoms with Gasteiger partial charge in [0.1, 0.15) is 0 Å². The van der Waals surface area contributed by atoms with Crippen LogP contribution in [0.4, 0.5) is 0 Å². The number of aromatic carboxylic acids is 1. The topological polar surface area (TPSA) is 104 Å². The van der Waals surface area contributed by atoms with E-state index in [9.17, 15) is 18.0 Å². The first-order valence-corrected chi connectivity index (χ1v) is 7.79. The summed E-state index contributed by atoms with van der Waals surface area (Å²) in [4.78, 5) is 22.2. The van der Waals surface area contributed by atoms with Crippen LogP contribution in [0.15, 0.2) is 29.2 Å². The number of carbonyl (C=O) groups excluding carboxylic acids is 1. The summed E-state index contributed by atoms with van der Waals surface area (Å²) in [6.45, 7) is 2.09. The Morgan fingerprint density at radius 3 is 2.29 bits per heavy atom. The Bertz CT molecular complexity index is 610. The molecule has 0 fully saturated rings. The van der Waals surface area contributed by atoms with Gasteiger partial charge in [0, 0.05) is 13.6 Å². The molecule has 0 aliphatic rings. The summed E-state index contributed by atoms with van der Waals surface area (Å²) in [7, 11) is -2.52. The van der Waals surface area contributed by atoms with Gasteiger partial charge in [-0.2, -0.15) is 4.31 Å². The van der Waals surface area contributed by atoms with Crippen molar-refractivity contribution >= 4 is 21.9 Å². The average molecular weight is 314 g/mol. The van der Waals surface area contributed by atoms with Crippen LogP contribution >= 0.6 is 0 Å². The third-order valence-corrected chi connectivity index (χ3v) is 4.57. The zero-order valence-electron chi connectivity index (χ0n) is 11.9. The van der Waals surface area contributed by atoms with Crippen LogP contribution in [-0.4, -0.2) is 49.8 Å². The van der Waals surface area contributed by atoms with Crippen molar-refractivity contribution in [2.45, 2.75) is 18.2 Å². The van der Waals surface area contributed by atoms with E-state index in [1.165, 1.54) is 31.3 Å². The molecule has 0 atom stereocenters. The van der Waals surface area contributed by atoms with Crippen molar-refractivity contribution in [3.05, 3.63) is 29.8 Å². The Balaban J connectivity index is 2.84. The molecule has 0 aliphatic carbocycles. The molecular weight excluding hydrogens is 296 g/mol. The van der Waals surface area contributed by atoms with Gasteiger partial charge in [-0.3, -0.25) is 4.79 Å². The zero-order chi connectivity index (χ0) is 16.0. The highest BCUT2D eigenvalue weighted by molar-refractivity contribution is 7.89. The van der Waals surface area contributed by atoms with Crippen LogP contribution in [0.2, 0.25) is 0 Å². The Hall–Kier alpha value is -1.93. The molecule has 0 aromatic heterocycles. The first kappa shape index (κ1) is 17.1. The van der Waals surface area contributed by atoms with Crippen molar-refractivity contribution in [2.75, 3.05) is 20.1 Å². The summed E-state index contributed by atoms with van der Waals surface area (Å²) in [5, 5.41) is 11.4. The zero-order valence-corrected chi connectivity index (χ0v) is 12.7. The predicted molar refractivity (Wildman–Crippen MR) is 76.5 cm³/mol. The van der Waals surface area contributed by atoms with Crippen LogP contribution in [0.25, 0.3) is 0 Å². The molecule has 0 unspecified atom stereocenters. The fourth-order valence-corrected chi connectivity index (χ4v) is 2.68. The molecule has 1 amide bonds. The van der Waals surface area contributed by atoms with Crippen LogP contribution < -0.4 is 5.32 Å². The number of carboxylic acids is 1. The van der Waals surface area contributed by atoms with Gasteiger partial charge < -0.3 is 10.4 Å². The van der Waals surface area contributed by atoms with Gasteiger partial charge in [-0.1, -0.05) is 6.92 Å². The lowest BCUT2D eigenvalue weighted by Gasteiger charge is -2.16. The molecule has 0 bridgehead atoms. The van der Waals surface area contributed by atoms with E-state index >= 15 is 0 Å². The second-order valence-electron chi connectivity index (χ2n) is 4.44. The number of amides is 1. The molecule has 1 aromatic carbocycles. The van der Waals surface area contributed by atoms with Gasteiger partial charge in [0.05, 0.1) is 17.0 Å². The third kappa shape index (κ3) is 4.54. The maximum Gasteiger partial charge on any atom is 0.335 e. The number of carbonyl (C=O) groups is 2. The Kier molecular flexibility index (Phi) is 5.86. The van der Waals surface area contributed by atoms with Gasteiger partial charge in [0.15, 0.2) is 0 Å². The number of rotatable bonds is 7. The fourth-order valence-electron chi connectivity index (χ4n) is 1.56. The maximum absolute atomic E-state index is 12.2. The monoisotopic (exact) mass is 314 g/mol. The van der Waals surface area contributed by atoms with Crippen LogP contribution in [0.5, 0.6) is 0 Å². The van der Waals surface area contributed by atoms with E-state index in [-0.39, 0.29) is 22.9 Å². The highest BCUT2D eigenvalue weighted by Gasteiger charge is 2.23. The Morgan fingerprint density at radius 2 is 1.81 bits per heavy atom. The summed E-state index contributed by atoms with van der Waals surface area (Å²) in [5.74, 6) is -1.52. The summed E-state index contributed by atoms with van der Waals surface area (Å²) >= 11 is 0. The van der Waals surface area contributed by atoms with E-state index in [0.717, 1.165) is 10.7 Å². The Morgan fingerprint density at radius 1 is 1.24 bits per heavy atom. The van der Waals surface area contributed by atoms with Gasteiger partial charge in [-0.05, 0) is 30.7 Å². The molecule has 0 heterocycles. The number of sulfonamides is 1. The fraction of sp³-hybridized carbons (Fsp3) is 0.385. The first-order valence-electron chi connectivity index (χ1n) is 6.35. The van der Waals surface area contributed by atoms with Crippen molar-refractivity contribution in [3.63, 3.8) is 0 Å². The SMILES string of the molecule is CCCNC(=O)CN(C)S(=O)(=O)c1ccc(C(=O)O)cc1. The molecule has 1 rings (SSSR count). The second-order valence-corrected chi connectivity index (χ2v) is 6.49. The van der Waals surface area contributed by atoms with E-state index in [0.29, 0.717) is 6.54 Å². The molecule has 1 aromatic rings. The van der Waals surface area contributed by atoms with Crippen LogP contribution in [0, 0.1) is 0 Å². The van der Waals surface area contributed by atoms with E-state index in [4.69, 9.17) is 5.11 Å². The lowest BCUT2D eigenvalue weighted by molar-refractivity contribution is -0.121. The number of nitrogens with zero attached hydrogens (tertiary/aromatic N) is 1. The molecule has 116 valence electrons. The van der Waals surface area contributed by atoms with Crippen molar-refractivity contribution in [3.8, 4) is 0 Å². The van der Waals surface area contributed by atoms with Gasteiger partial charge in [0.25, 0.3) is 0 Å². The molecule has 7 nitrogen and oxygen atoms in total. The lowest BCUT2D eigenvalue weighted by atomic mass is 10.2. The van der Waals surface area contributed by atoms with Gasteiger partial charge in [-0.15, -0.1) is 0 Å². The number of hydrogen-bond acceptors (Lipinski definition) is 4. The lowest BCUT2D eigenvalue weighted by Crippen LogP contribution is -2.38. The summed E-state index contributed by atoms with van der Waals surface area (Å²) in [6.07, 6.45) is 0.763. The van der Waals surface area contributed by atoms with E-state index in [2.05, 4.69) is 5.32 Å². The molecule has 8 heteroatoms. The highest BCUT2D eigenvalue weighted by Crippen LogP contribution is 2.15. The molecular formula is C13H18N2O5S. The van der Waals surface area contributed by atoms with Crippen molar-refractivity contribution < 1.29 is 23.1 Å². The van der Waals surface area contributed by atoms with Crippen LogP contribution in [-0.2, 0) is 14.8 Å². The van der Waals surface area contributed by atoms with Crippen LogP contribution in [0.1, 0.15) is 23.7 Å². The van der Waals surface area contributed by atoms with E-state index in [1.807, 2.05) is 6.92 Å². The molecule has 0 saturated carbocycles. The normalized spacial score (nSPS) is 11.4. The van der Waals surface area contributed by atoms with E-state index in [1.54, 1.807) is 0 Å². The Labute approximate surface area is 123 Å². The number of benzene rings is 1. The molecule has 0 saturated heterocycles. The average Bonchev–Trinajstić information content (AvgIpc) is 2.45. The summed E-state index contributed by atoms with van der Waals surface area (Å²) in [6, 6.07) is 4.83. The molecule has 0 spiro atoms. The quantitative estimate of drug-likeness (QED) is 0.764. The highest BCUT2D eigenvalue weighted by atomic mass is 32.2. The molecule has 0 aliphatic heterocycles. The second kappa shape index (κ2) is 7.19. The minimum Gasteiger partial charge on any atom is -0.478 e. The summed E-state index contributed by atoms with van der Waals surface area (Å²) < 4.78 is 25.4. The summed E-state index contributed by atoms with van der Waals surface area (Å²) in [5.41, 5.74) is -0.00251. The van der Waals surface area contributed by atoms with E-state index < -0.39 is 16.0 Å². The smallest absolute Gasteiger partial charge is 0.335 e. The predicted octanol–water partition coefficient (Wildman–Crippen LogP) is 0.532. The minimum atomic E-state index is -3.82. The number of likely N-dealkylation sites (N-methyl/N-ethyl adjacent to an activating group) is 1. The largest absolute Gasteiger partial charge is 0.478 e. The van der Waals surface area contributed by atoms with Gasteiger partial charge >= 0.3 is 5.97 Å². The minimum absolute atomic E-state index is 0.00251. The van der Waals surface area contributed by atoms with Crippen molar-refractivity contribution in [1.82, 2.24) is 9.62 Å². The first-order chi connectivity index (χ1) is 9.78. The maximum atomic E-state index is 12.2. The van der Waals surface area contributed by atoms with Gasteiger partial charge in [-0.25, -0.2) is 13.2 Å². The molecule has 2 N–H and O–H groups in total. The van der Waals surface area contributed by atoms with Crippen LogP contribution in [0.3, 0.4) is 0 Å². The third-order valence-electron chi connectivity index (χ3n) is 2.75. The molecule has 21 heavy (non-hydrogen) atoms. The number of nitrogens with one attached hydrogen (secondary N) is 1. The number of hydrogen-bond donors (Lipinski definition) is 2. The van der Waals surface area contributed by atoms with Crippen molar-refractivity contribution in [2.24, 2.45) is 0 Å². The van der Waals surface area contributed by atoms with Crippen molar-refractivity contribution in [1.29, 1.82) is 0 Å². The standard InChI is InChI=1S/C13H18N2O5S/c1-3-8-14-12(16)9-15(2)21(19,20)11-6-4-10(5-7-11)13(17)18/h4-7H,3,8-9H2,1-2H3,(H,14,16)(H,17,18). The van der Waals surface area contributed by atoms with Gasteiger partial charge in [0.2, 0.25) is 15.9 Å². The molecule has 0 radical (unpaired) electrons.